The van der Waals surface area contributed by atoms with Crippen molar-refractivity contribution in [2.45, 2.75) is 6.61 Å². The molecule has 1 heterocycles. The summed E-state index contributed by atoms with van der Waals surface area (Å²) in [5, 5.41) is 0.217. The van der Waals surface area contributed by atoms with Crippen LogP contribution in [-0.4, -0.2) is 6.29 Å². The van der Waals surface area contributed by atoms with E-state index in [0.29, 0.717) is 17.6 Å². The Labute approximate surface area is 124 Å². The van der Waals surface area contributed by atoms with E-state index in [1.54, 1.807) is 30.3 Å². The lowest BCUT2D eigenvalue weighted by Crippen LogP contribution is -2.09. The molecule has 3 rings (SSSR count). The number of aldehydes is 1. The molecule has 0 fully saturated rings. The van der Waals surface area contributed by atoms with Crippen LogP contribution in [0.15, 0.2) is 57.9 Å². The first-order chi connectivity index (χ1) is 10.7. The predicted octanol–water partition coefficient (Wildman–Crippen LogP) is 3.32. The van der Waals surface area contributed by atoms with Gasteiger partial charge in [-0.2, -0.15) is 0 Å². The molecule has 0 aliphatic rings. The minimum absolute atomic E-state index is 0.0645. The molecule has 0 aliphatic heterocycles. The third kappa shape index (κ3) is 2.61. The van der Waals surface area contributed by atoms with Crippen molar-refractivity contribution in [2.24, 2.45) is 0 Å². The quantitative estimate of drug-likeness (QED) is 0.693. The summed E-state index contributed by atoms with van der Waals surface area (Å²) >= 11 is 0. The smallest absolute Gasteiger partial charge is 0.206 e. The van der Waals surface area contributed by atoms with E-state index in [4.69, 9.17) is 9.15 Å². The van der Waals surface area contributed by atoms with Gasteiger partial charge in [0.15, 0.2) is 6.29 Å². The Morgan fingerprint density at radius 2 is 1.91 bits per heavy atom. The lowest BCUT2D eigenvalue weighted by atomic mass is 10.1. The molecule has 110 valence electrons. The van der Waals surface area contributed by atoms with Gasteiger partial charge in [-0.3, -0.25) is 9.59 Å². The van der Waals surface area contributed by atoms with E-state index in [2.05, 4.69) is 0 Å². The first-order valence-corrected chi connectivity index (χ1v) is 6.56. The van der Waals surface area contributed by atoms with Crippen molar-refractivity contribution < 1.29 is 18.3 Å². The number of hydrogen-bond acceptors (Lipinski definition) is 4. The number of hydrogen-bond donors (Lipinski definition) is 0. The molecule has 0 spiro atoms. The van der Waals surface area contributed by atoms with Crippen molar-refractivity contribution in [3.63, 3.8) is 0 Å². The van der Waals surface area contributed by atoms with Gasteiger partial charge >= 0.3 is 0 Å². The third-order valence-corrected chi connectivity index (χ3v) is 3.22. The minimum Gasteiger partial charge on any atom is -0.488 e. The summed E-state index contributed by atoms with van der Waals surface area (Å²) < 4.78 is 23.8. The molecule has 0 aliphatic carbocycles. The highest BCUT2D eigenvalue weighted by Gasteiger charge is 2.11. The van der Waals surface area contributed by atoms with Crippen molar-refractivity contribution in [3.8, 4) is 5.75 Å². The molecular formula is C17H11FO4. The zero-order chi connectivity index (χ0) is 15.5. The number of fused-ring (bicyclic) bond motifs is 1. The van der Waals surface area contributed by atoms with Crippen LogP contribution in [0.2, 0.25) is 0 Å². The van der Waals surface area contributed by atoms with Crippen molar-refractivity contribution in [3.05, 3.63) is 75.9 Å². The van der Waals surface area contributed by atoms with Crippen LogP contribution in [0.5, 0.6) is 5.75 Å². The van der Waals surface area contributed by atoms with E-state index in [-0.39, 0.29) is 23.4 Å². The molecule has 3 aromatic rings. The van der Waals surface area contributed by atoms with Crippen molar-refractivity contribution in [1.82, 2.24) is 0 Å². The number of carbonyl (C=O) groups is 1. The maximum atomic E-state index is 12.9. The van der Waals surface area contributed by atoms with Crippen LogP contribution < -0.4 is 10.2 Å². The van der Waals surface area contributed by atoms with Gasteiger partial charge in [0.1, 0.15) is 35.4 Å². The fourth-order valence-corrected chi connectivity index (χ4v) is 2.10. The third-order valence-electron chi connectivity index (χ3n) is 3.22. The van der Waals surface area contributed by atoms with Crippen LogP contribution in [0.4, 0.5) is 4.39 Å². The number of carbonyl (C=O) groups excluding carboxylic acids is 1. The van der Waals surface area contributed by atoms with E-state index in [0.717, 1.165) is 11.8 Å². The maximum absolute atomic E-state index is 12.9. The Balaban J connectivity index is 1.98. The molecule has 0 N–H and O–H groups in total. The largest absolute Gasteiger partial charge is 0.488 e. The first kappa shape index (κ1) is 14.0. The molecule has 0 atom stereocenters. The second-order valence-electron chi connectivity index (χ2n) is 4.68. The molecule has 0 bridgehead atoms. The van der Waals surface area contributed by atoms with Crippen LogP contribution in [-0.2, 0) is 6.61 Å². The highest BCUT2D eigenvalue weighted by atomic mass is 19.1. The Kier molecular flexibility index (Phi) is 3.70. The first-order valence-electron chi connectivity index (χ1n) is 6.56. The Bertz CT molecular complexity index is 881. The predicted molar refractivity (Wildman–Crippen MR) is 78.6 cm³/mol. The molecule has 0 amide bonds. The monoisotopic (exact) mass is 298 g/mol. The van der Waals surface area contributed by atoms with Gasteiger partial charge in [0.25, 0.3) is 0 Å². The average molecular weight is 298 g/mol. The van der Waals surface area contributed by atoms with Gasteiger partial charge < -0.3 is 9.15 Å². The molecule has 0 radical (unpaired) electrons. The Hall–Kier alpha value is -2.95. The lowest BCUT2D eigenvalue weighted by molar-refractivity contribution is 0.112. The summed E-state index contributed by atoms with van der Waals surface area (Å²) in [4.78, 5) is 23.1. The van der Waals surface area contributed by atoms with Gasteiger partial charge in [-0.15, -0.1) is 0 Å². The highest BCUT2D eigenvalue weighted by molar-refractivity contribution is 5.88. The maximum Gasteiger partial charge on any atom is 0.206 e. The van der Waals surface area contributed by atoms with Gasteiger partial charge in [0, 0.05) is 0 Å². The van der Waals surface area contributed by atoms with E-state index in [9.17, 15) is 14.0 Å². The highest BCUT2D eigenvalue weighted by Crippen LogP contribution is 2.23. The van der Waals surface area contributed by atoms with E-state index in [1.807, 2.05) is 0 Å². The van der Waals surface area contributed by atoms with E-state index < -0.39 is 5.43 Å². The fraction of sp³-hybridized carbons (Fsp3) is 0.0588. The lowest BCUT2D eigenvalue weighted by Gasteiger charge is -2.08. The minimum atomic E-state index is -0.439. The van der Waals surface area contributed by atoms with Crippen LogP contribution in [0.1, 0.15) is 15.9 Å². The second kappa shape index (κ2) is 5.81. The van der Waals surface area contributed by atoms with Crippen LogP contribution in [0.3, 0.4) is 0 Å². The second-order valence-corrected chi connectivity index (χ2v) is 4.68. The van der Waals surface area contributed by atoms with Crippen molar-refractivity contribution in [2.75, 3.05) is 0 Å². The number of ether oxygens (including phenoxy) is 1. The molecule has 0 saturated heterocycles. The van der Waals surface area contributed by atoms with Gasteiger partial charge in [0.2, 0.25) is 5.43 Å². The fourth-order valence-electron chi connectivity index (χ4n) is 2.10. The summed E-state index contributed by atoms with van der Waals surface area (Å²) in [6.07, 6.45) is 1.57. The molecule has 5 heteroatoms. The summed E-state index contributed by atoms with van der Waals surface area (Å²) in [5.74, 6) is -0.00976. The summed E-state index contributed by atoms with van der Waals surface area (Å²) in [7, 11) is 0. The molecule has 4 nitrogen and oxygen atoms in total. The topological polar surface area (TPSA) is 56.5 Å². The average Bonchev–Trinajstić information content (AvgIpc) is 2.54. The Morgan fingerprint density at radius 1 is 1.14 bits per heavy atom. The van der Waals surface area contributed by atoms with Crippen LogP contribution >= 0.6 is 0 Å². The van der Waals surface area contributed by atoms with Crippen LogP contribution in [0.25, 0.3) is 11.0 Å². The SMILES string of the molecule is O=Cc1coc2cccc(OCc3ccc(F)cc3)c2c1=O. The molecule has 0 saturated carbocycles. The Morgan fingerprint density at radius 3 is 2.64 bits per heavy atom. The molecule has 0 unspecified atom stereocenters. The molecule has 2 aromatic carbocycles. The van der Waals surface area contributed by atoms with Crippen LogP contribution in [0, 0.1) is 5.82 Å². The van der Waals surface area contributed by atoms with E-state index >= 15 is 0 Å². The summed E-state index contributed by atoms with van der Waals surface area (Å²) in [5.41, 5.74) is 0.595. The van der Waals surface area contributed by atoms with Gasteiger partial charge in [-0.05, 0) is 29.8 Å². The van der Waals surface area contributed by atoms with Gasteiger partial charge in [-0.1, -0.05) is 18.2 Å². The molecular weight excluding hydrogens is 287 g/mol. The van der Waals surface area contributed by atoms with Gasteiger partial charge in [0.05, 0.1) is 5.56 Å². The number of rotatable bonds is 4. The van der Waals surface area contributed by atoms with Crippen molar-refractivity contribution in [1.29, 1.82) is 0 Å². The van der Waals surface area contributed by atoms with Gasteiger partial charge in [-0.25, -0.2) is 4.39 Å². The number of benzene rings is 2. The zero-order valence-corrected chi connectivity index (χ0v) is 11.4. The van der Waals surface area contributed by atoms with Crippen molar-refractivity contribution >= 4 is 17.3 Å². The zero-order valence-electron chi connectivity index (χ0n) is 11.4. The molecule has 1 aromatic heterocycles. The summed E-state index contributed by atoms with van der Waals surface area (Å²) in [6, 6.07) is 10.8. The molecule has 22 heavy (non-hydrogen) atoms. The standard InChI is InChI=1S/C17H11FO4/c18-13-6-4-11(5-7-13)9-21-14-2-1-3-15-16(14)17(20)12(8-19)10-22-15/h1-8,10H,9H2. The number of halogens is 1. The normalized spacial score (nSPS) is 10.6. The van der Waals surface area contributed by atoms with E-state index in [1.165, 1.54) is 12.1 Å². The summed E-state index contributed by atoms with van der Waals surface area (Å²) in [6.45, 7) is 0.171.